The summed E-state index contributed by atoms with van der Waals surface area (Å²) < 4.78 is 5.37. The number of methoxy groups -OCH3 is 1. The van der Waals surface area contributed by atoms with Crippen molar-refractivity contribution in [3.05, 3.63) is 66.9 Å². The van der Waals surface area contributed by atoms with Crippen LogP contribution in [-0.2, 0) is 0 Å². The summed E-state index contributed by atoms with van der Waals surface area (Å²) in [5, 5.41) is 5.96. The second-order valence-electron chi connectivity index (χ2n) is 5.74. The molecule has 0 spiro atoms. The van der Waals surface area contributed by atoms with E-state index in [9.17, 15) is 0 Å². The van der Waals surface area contributed by atoms with Gasteiger partial charge in [-0.3, -0.25) is 0 Å². The number of nitrogen functional groups attached to an aromatic ring is 1. The molecule has 4 rings (SSSR count). The fourth-order valence-electron chi connectivity index (χ4n) is 3.12. The molecule has 3 aromatic carbocycles. The fraction of sp³-hybridized carbons (Fsp3) is 0.100. The molecule has 0 saturated carbocycles. The third-order valence-corrected chi connectivity index (χ3v) is 4.31. The van der Waals surface area contributed by atoms with Gasteiger partial charge < -0.3 is 20.7 Å². The molecule has 120 valence electrons. The Hall–Kier alpha value is -3.14. The van der Waals surface area contributed by atoms with E-state index in [0.29, 0.717) is 11.4 Å². The van der Waals surface area contributed by atoms with E-state index in [4.69, 9.17) is 10.5 Å². The van der Waals surface area contributed by atoms with E-state index < -0.39 is 0 Å². The van der Waals surface area contributed by atoms with Gasteiger partial charge in [0, 0.05) is 29.9 Å². The highest BCUT2D eigenvalue weighted by Gasteiger charge is 2.17. The number of hydrogen-bond acceptors (Lipinski definition) is 4. The van der Waals surface area contributed by atoms with Crippen molar-refractivity contribution in [2.45, 2.75) is 0 Å². The number of nitrogens with two attached hydrogens (primary N) is 1. The number of rotatable bonds is 2. The highest BCUT2D eigenvalue weighted by atomic mass is 16.5. The van der Waals surface area contributed by atoms with Crippen LogP contribution >= 0.6 is 0 Å². The zero-order valence-corrected chi connectivity index (χ0v) is 13.5. The van der Waals surface area contributed by atoms with Gasteiger partial charge in [0.15, 0.2) is 0 Å². The van der Waals surface area contributed by atoms with E-state index >= 15 is 0 Å². The van der Waals surface area contributed by atoms with Gasteiger partial charge in [-0.15, -0.1) is 0 Å². The van der Waals surface area contributed by atoms with Crippen LogP contribution in [0.15, 0.2) is 66.9 Å². The van der Waals surface area contributed by atoms with E-state index in [1.807, 2.05) is 18.2 Å². The van der Waals surface area contributed by atoms with Crippen molar-refractivity contribution in [1.82, 2.24) is 0 Å². The molecule has 0 atom stereocenters. The molecular formula is C20H19N3O. The summed E-state index contributed by atoms with van der Waals surface area (Å²) in [6.45, 7) is 0.781. The van der Waals surface area contributed by atoms with E-state index in [-0.39, 0.29) is 0 Å². The molecule has 0 bridgehead atoms. The Morgan fingerprint density at radius 1 is 1.08 bits per heavy atom. The summed E-state index contributed by atoms with van der Waals surface area (Å²) in [7, 11) is 1.64. The first kappa shape index (κ1) is 14.5. The van der Waals surface area contributed by atoms with Gasteiger partial charge >= 0.3 is 0 Å². The van der Waals surface area contributed by atoms with Crippen LogP contribution in [-0.4, -0.2) is 13.7 Å². The zero-order valence-electron chi connectivity index (χ0n) is 13.5. The van der Waals surface area contributed by atoms with Crippen LogP contribution in [0.1, 0.15) is 0 Å². The van der Waals surface area contributed by atoms with Gasteiger partial charge in [-0.2, -0.15) is 0 Å². The van der Waals surface area contributed by atoms with E-state index in [1.165, 1.54) is 10.8 Å². The minimum atomic E-state index is 0.636. The van der Waals surface area contributed by atoms with Crippen LogP contribution in [0.2, 0.25) is 0 Å². The maximum Gasteiger partial charge on any atom is 0.143 e. The maximum absolute atomic E-state index is 5.96. The molecule has 1 heterocycles. The lowest BCUT2D eigenvalue weighted by atomic mass is 10.1. The summed E-state index contributed by atoms with van der Waals surface area (Å²) in [6, 6.07) is 18.5. The summed E-state index contributed by atoms with van der Waals surface area (Å²) >= 11 is 0. The number of benzene rings is 3. The van der Waals surface area contributed by atoms with Crippen molar-refractivity contribution in [3.63, 3.8) is 0 Å². The van der Waals surface area contributed by atoms with Crippen LogP contribution in [0, 0.1) is 0 Å². The van der Waals surface area contributed by atoms with Gasteiger partial charge in [0.25, 0.3) is 0 Å². The third-order valence-electron chi connectivity index (χ3n) is 4.31. The monoisotopic (exact) mass is 317 g/mol. The van der Waals surface area contributed by atoms with Crippen molar-refractivity contribution in [2.24, 2.45) is 0 Å². The summed E-state index contributed by atoms with van der Waals surface area (Å²) in [6.07, 6.45) is 4.19. The molecule has 1 aliphatic rings. The van der Waals surface area contributed by atoms with Crippen molar-refractivity contribution in [2.75, 3.05) is 29.6 Å². The molecule has 0 saturated heterocycles. The van der Waals surface area contributed by atoms with Gasteiger partial charge in [0.05, 0.1) is 24.2 Å². The lowest BCUT2D eigenvalue weighted by Crippen LogP contribution is -2.09. The Morgan fingerprint density at radius 2 is 1.96 bits per heavy atom. The minimum absolute atomic E-state index is 0.636. The van der Waals surface area contributed by atoms with Gasteiger partial charge in [0.2, 0.25) is 0 Å². The SMILES string of the molecule is COc1cc(N2C=CCNc3c2ccc2ccccc32)ccc1N. The molecule has 24 heavy (non-hydrogen) atoms. The van der Waals surface area contributed by atoms with Crippen molar-refractivity contribution < 1.29 is 4.74 Å². The topological polar surface area (TPSA) is 50.5 Å². The molecule has 0 aromatic heterocycles. The Morgan fingerprint density at radius 3 is 2.83 bits per heavy atom. The number of nitrogens with zero attached hydrogens (tertiary/aromatic N) is 1. The van der Waals surface area contributed by atoms with Crippen molar-refractivity contribution >= 4 is 33.5 Å². The van der Waals surface area contributed by atoms with Crippen LogP contribution in [0.25, 0.3) is 10.8 Å². The molecule has 4 nitrogen and oxygen atoms in total. The van der Waals surface area contributed by atoms with Crippen LogP contribution in [0.3, 0.4) is 0 Å². The molecule has 4 heteroatoms. The first-order valence-electron chi connectivity index (χ1n) is 7.93. The normalized spacial score (nSPS) is 13.3. The summed E-state index contributed by atoms with van der Waals surface area (Å²) in [5.74, 6) is 0.681. The van der Waals surface area contributed by atoms with E-state index in [2.05, 4.69) is 58.9 Å². The zero-order chi connectivity index (χ0) is 16.5. The lowest BCUT2D eigenvalue weighted by Gasteiger charge is -2.24. The van der Waals surface area contributed by atoms with E-state index in [0.717, 1.165) is 23.6 Å². The summed E-state index contributed by atoms with van der Waals surface area (Å²) in [5.41, 5.74) is 9.84. The van der Waals surface area contributed by atoms with Crippen molar-refractivity contribution in [3.8, 4) is 5.75 Å². The first-order chi connectivity index (χ1) is 11.8. The number of ether oxygens (including phenoxy) is 1. The molecule has 1 aliphatic heterocycles. The van der Waals surface area contributed by atoms with Gasteiger partial charge in [-0.25, -0.2) is 0 Å². The highest BCUT2D eigenvalue weighted by molar-refractivity contribution is 6.02. The average molecular weight is 317 g/mol. The number of hydrogen-bond donors (Lipinski definition) is 2. The second-order valence-corrected chi connectivity index (χ2v) is 5.74. The predicted molar refractivity (Wildman–Crippen MR) is 101 cm³/mol. The lowest BCUT2D eigenvalue weighted by molar-refractivity contribution is 0.417. The van der Waals surface area contributed by atoms with E-state index in [1.54, 1.807) is 7.11 Å². The molecular weight excluding hydrogens is 298 g/mol. The second kappa shape index (κ2) is 5.81. The Bertz CT molecular complexity index is 933. The molecule has 3 aromatic rings. The molecule has 0 aliphatic carbocycles. The maximum atomic E-state index is 5.96. The van der Waals surface area contributed by atoms with Crippen molar-refractivity contribution in [1.29, 1.82) is 0 Å². The molecule has 0 fully saturated rings. The average Bonchev–Trinajstić information content (AvgIpc) is 2.85. The van der Waals surface area contributed by atoms with Gasteiger partial charge in [-0.1, -0.05) is 30.3 Å². The fourth-order valence-corrected chi connectivity index (χ4v) is 3.12. The predicted octanol–water partition coefficient (Wildman–Crippen LogP) is 4.51. The number of anilines is 4. The van der Waals surface area contributed by atoms with Gasteiger partial charge in [-0.05, 0) is 29.7 Å². The Balaban J connectivity index is 1.90. The number of fused-ring (bicyclic) bond motifs is 3. The quantitative estimate of drug-likeness (QED) is 0.683. The molecule has 3 N–H and O–H groups in total. The molecule has 0 unspecified atom stereocenters. The minimum Gasteiger partial charge on any atom is -0.495 e. The smallest absolute Gasteiger partial charge is 0.143 e. The number of nitrogens with one attached hydrogen (secondary N) is 1. The largest absolute Gasteiger partial charge is 0.495 e. The van der Waals surface area contributed by atoms with Gasteiger partial charge in [0.1, 0.15) is 5.75 Å². The Labute approximate surface area is 141 Å². The molecule has 0 amide bonds. The first-order valence-corrected chi connectivity index (χ1v) is 7.93. The highest BCUT2D eigenvalue weighted by Crippen LogP contribution is 2.40. The standard InChI is InChI=1S/C20H19N3O/c1-24-19-13-15(8-9-17(19)21)23-12-4-11-22-20-16-6-3-2-5-14(16)7-10-18(20)23/h2-10,12-13,22H,11,21H2,1H3. The summed E-state index contributed by atoms with van der Waals surface area (Å²) in [4.78, 5) is 2.16. The van der Waals surface area contributed by atoms with Crippen LogP contribution < -0.4 is 20.7 Å². The molecule has 0 radical (unpaired) electrons. The van der Waals surface area contributed by atoms with Crippen LogP contribution in [0.5, 0.6) is 5.75 Å². The van der Waals surface area contributed by atoms with Crippen LogP contribution in [0.4, 0.5) is 22.7 Å². The third kappa shape index (κ3) is 2.33. The Kier molecular flexibility index (Phi) is 3.50.